The standard InChI is InChI=1S/C19H25NO2.ClH/c1-15-6-4-5-7-18(15)16-8-10-17(11-9-16)19(21)14-22-13-12-20(2)3;/h4-11,19,21H,12-14H2,1-3H3;1H. The second kappa shape index (κ2) is 9.68. The molecule has 0 saturated heterocycles. The van der Waals surface area contributed by atoms with Crippen LogP contribution >= 0.6 is 12.4 Å². The lowest BCUT2D eigenvalue weighted by Gasteiger charge is -2.14. The lowest BCUT2D eigenvalue weighted by atomic mass is 9.98. The summed E-state index contributed by atoms with van der Waals surface area (Å²) in [6.45, 7) is 3.93. The van der Waals surface area contributed by atoms with Crippen LogP contribution < -0.4 is 0 Å². The molecule has 3 nitrogen and oxygen atoms in total. The minimum absolute atomic E-state index is 0. The van der Waals surface area contributed by atoms with Gasteiger partial charge >= 0.3 is 0 Å². The fourth-order valence-electron chi connectivity index (χ4n) is 2.32. The van der Waals surface area contributed by atoms with Crippen molar-refractivity contribution in [3.05, 3.63) is 59.7 Å². The van der Waals surface area contributed by atoms with E-state index >= 15 is 0 Å². The molecule has 0 aliphatic heterocycles. The molecule has 0 fully saturated rings. The molecule has 1 N–H and O–H groups in total. The number of ether oxygens (including phenoxy) is 1. The smallest absolute Gasteiger partial charge is 0.102 e. The Labute approximate surface area is 145 Å². The Balaban J connectivity index is 0.00000264. The maximum atomic E-state index is 10.2. The van der Waals surface area contributed by atoms with Crippen molar-refractivity contribution in [2.75, 3.05) is 33.9 Å². The van der Waals surface area contributed by atoms with Gasteiger partial charge in [0.05, 0.1) is 13.2 Å². The fourth-order valence-corrected chi connectivity index (χ4v) is 2.32. The summed E-state index contributed by atoms with van der Waals surface area (Å²) in [5.41, 5.74) is 4.54. The molecule has 1 unspecified atom stereocenters. The van der Waals surface area contributed by atoms with Crippen molar-refractivity contribution in [3.8, 4) is 11.1 Å². The van der Waals surface area contributed by atoms with Crippen LogP contribution in [0.25, 0.3) is 11.1 Å². The Morgan fingerprint density at radius 3 is 2.30 bits per heavy atom. The molecule has 0 bridgehead atoms. The highest BCUT2D eigenvalue weighted by Gasteiger charge is 2.08. The van der Waals surface area contributed by atoms with Crippen molar-refractivity contribution in [3.63, 3.8) is 0 Å². The minimum Gasteiger partial charge on any atom is -0.386 e. The summed E-state index contributed by atoms with van der Waals surface area (Å²) < 4.78 is 5.50. The molecule has 0 heterocycles. The monoisotopic (exact) mass is 335 g/mol. The highest BCUT2D eigenvalue weighted by molar-refractivity contribution is 5.85. The van der Waals surface area contributed by atoms with Gasteiger partial charge in [-0.05, 0) is 43.3 Å². The van der Waals surface area contributed by atoms with Crippen molar-refractivity contribution in [1.82, 2.24) is 4.90 Å². The van der Waals surface area contributed by atoms with Crippen LogP contribution in [-0.4, -0.2) is 43.9 Å². The van der Waals surface area contributed by atoms with E-state index in [2.05, 4.69) is 36.1 Å². The van der Waals surface area contributed by atoms with Gasteiger partial charge < -0.3 is 14.7 Å². The van der Waals surface area contributed by atoms with E-state index in [0.717, 1.165) is 12.1 Å². The largest absolute Gasteiger partial charge is 0.386 e. The molecule has 2 rings (SSSR count). The van der Waals surface area contributed by atoms with Gasteiger partial charge in [0.1, 0.15) is 6.10 Å². The number of aliphatic hydroxyl groups excluding tert-OH is 1. The third-order valence-corrected chi connectivity index (χ3v) is 3.71. The zero-order chi connectivity index (χ0) is 15.9. The van der Waals surface area contributed by atoms with E-state index in [0.29, 0.717) is 13.2 Å². The molecule has 2 aromatic carbocycles. The molecule has 1 atom stereocenters. The lowest BCUT2D eigenvalue weighted by molar-refractivity contribution is 0.0306. The van der Waals surface area contributed by atoms with Crippen molar-refractivity contribution >= 4 is 12.4 Å². The number of hydrogen-bond acceptors (Lipinski definition) is 3. The van der Waals surface area contributed by atoms with E-state index in [1.165, 1.54) is 16.7 Å². The zero-order valence-electron chi connectivity index (χ0n) is 14.0. The van der Waals surface area contributed by atoms with E-state index < -0.39 is 6.10 Å². The molecule has 23 heavy (non-hydrogen) atoms. The summed E-state index contributed by atoms with van der Waals surface area (Å²) >= 11 is 0. The van der Waals surface area contributed by atoms with Gasteiger partial charge in [0.25, 0.3) is 0 Å². The number of aryl methyl sites for hydroxylation is 1. The Hall–Kier alpha value is -1.39. The third kappa shape index (κ3) is 5.96. The van der Waals surface area contributed by atoms with Crippen molar-refractivity contribution in [2.45, 2.75) is 13.0 Å². The number of halogens is 1. The second-order valence-electron chi connectivity index (χ2n) is 5.83. The Morgan fingerprint density at radius 1 is 1.04 bits per heavy atom. The van der Waals surface area contributed by atoms with Crippen LogP contribution in [0.1, 0.15) is 17.2 Å². The third-order valence-electron chi connectivity index (χ3n) is 3.71. The van der Waals surface area contributed by atoms with Crippen LogP contribution in [-0.2, 0) is 4.74 Å². The number of rotatable bonds is 7. The molecule has 0 saturated carbocycles. The van der Waals surface area contributed by atoms with Gasteiger partial charge in [0.15, 0.2) is 0 Å². The zero-order valence-corrected chi connectivity index (χ0v) is 14.8. The normalized spacial score (nSPS) is 12.0. The Morgan fingerprint density at radius 2 is 1.70 bits per heavy atom. The van der Waals surface area contributed by atoms with E-state index in [-0.39, 0.29) is 12.4 Å². The van der Waals surface area contributed by atoms with Crippen molar-refractivity contribution in [1.29, 1.82) is 0 Å². The SMILES string of the molecule is Cc1ccccc1-c1ccc(C(O)COCCN(C)C)cc1.Cl. The first-order valence-electron chi connectivity index (χ1n) is 7.64. The molecule has 0 aliphatic rings. The molecule has 4 heteroatoms. The van der Waals surface area contributed by atoms with Crippen molar-refractivity contribution in [2.24, 2.45) is 0 Å². The van der Waals surface area contributed by atoms with E-state index in [4.69, 9.17) is 4.74 Å². The van der Waals surface area contributed by atoms with Crippen LogP contribution in [0.4, 0.5) is 0 Å². The van der Waals surface area contributed by atoms with Gasteiger partial charge in [0, 0.05) is 6.54 Å². The molecule has 0 spiro atoms. The summed E-state index contributed by atoms with van der Waals surface area (Å²) in [6.07, 6.45) is -0.576. The molecule has 0 radical (unpaired) electrons. The van der Waals surface area contributed by atoms with Crippen molar-refractivity contribution < 1.29 is 9.84 Å². The first-order valence-corrected chi connectivity index (χ1v) is 7.64. The molecular formula is C19H26ClNO2. The van der Waals surface area contributed by atoms with Gasteiger partial charge in [-0.3, -0.25) is 0 Å². The number of aliphatic hydroxyl groups is 1. The molecule has 126 valence electrons. The average molecular weight is 336 g/mol. The Kier molecular flexibility index (Phi) is 8.28. The number of likely N-dealkylation sites (N-methyl/N-ethyl adjacent to an activating group) is 1. The number of nitrogens with zero attached hydrogens (tertiary/aromatic N) is 1. The fraction of sp³-hybridized carbons (Fsp3) is 0.368. The van der Waals surface area contributed by atoms with Gasteiger partial charge in [-0.15, -0.1) is 12.4 Å². The Bertz CT molecular complexity index is 584. The summed E-state index contributed by atoms with van der Waals surface area (Å²) in [7, 11) is 4.01. The van der Waals surface area contributed by atoms with Crippen LogP contribution in [0.15, 0.2) is 48.5 Å². The highest BCUT2D eigenvalue weighted by atomic mass is 35.5. The second-order valence-corrected chi connectivity index (χ2v) is 5.83. The summed E-state index contributed by atoms with van der Waals surface area (Å²) in [5.74, 6) is 0. The maximum Gasteiger partial charge on any atom is 0.102 e. The van der Waals surface area contributed by atoms with Gasteiger partial charge in [-0.1, -0.05) is 48.5 Å². The summed E-state index contributed by atoms with van der Waals surface area (Å²) in [5, 5.41) is 10.2. The predicted octanol–water partition coefficient (Wildman–Crippen LogP) is 3.70. The number of benzene rings is 2. The van der Waals surface area contributed by atoms with Crippen LogP contribution in [0, 0.1) is 6.92 Å². The molecule has 0 aliphatic carbocycles. The first kappa shape index (κ1) is 19.7. The molecule has 2 aromatic rings. The first-order chi connectivity index (χ1) is 10.6. The quantitative estimate of drug-likeness (QED) is 0.783. The maximum absolute atomic E-state index is 10.2. The van der Waals surface area contributed by atoms with Gasteiger partial charge in [-0.25, -0.2) is 0 Å². The van der Waals surface area contributed by atoms with E-state index in [9.17, 15) is 5.11 Å². The highest BCUT2D eigenvalue weighted by Crippen LogP contribution is 2.24. The van der Waals surface area contributed by atoms with Gasteiger partial charge in [-0.2, -0.15) is 0 Å². The molecule has 0 amide bonds. The molecular weight excluding hydrogens is 310 g/mol. The number of hydrogen-bond donors (Lipinski definition) is 1. The lowest BCUT2D eigenvalue weighted by Crippen LogP contribution is -2.19. The molecule has 0 aromatic heterocycles. The van der Waals surface area contributed by atoms with Crippen LogP contribution in [0.2, 0.25) is 0 Å². The van der Waals surface area contributed by atoms with Crippen LogP contribution in [0.5, 0.6) is 0 Å². The average Bonchev–Trinajstić information content (AvgIpc) is 2.52. The summed E-state index contributed by atoms with van der Waals surface area (Å²) in [4.78, 5) is 2.06. The van der Waals surface area contributed by atoms with Crippen LogP contribution in [0.3, 0.4) is 0 Å². The van der Waals surface area contributed by atoms with E-state index in [1.54, 1.807) is 0 Å². The minimum atomic E-state index is -0.576. The van der Waals surface area contributed by atoms with Gasteiger partial charge in [0.2, 0.25) is 0 Å². The summed E-state index contributed by atoms with van der Waals surface area (Å²) in [6, 6.07) is 16.4. The van der Waals surface area contributed by atoms with E-state index in [1.807, 2.05) is 38.4 Å². The predicted molar refractivity (Wildman–Crippen MR) is 98.2 cm³/mol. The topological polar surface area (TPSA) is 32.7 Å².